The molecule has 17 heavy (non-hydrogen) atoms. The lowest BCUT2D eigenvalue weighted by Crippen LogP contribution is -2.44. The molecular weight excluding hydrogens is 224 g/mol. The number of hydrogen-bond donors (Lipinski definition) is 2. The molecule has 1 aromatic rings. The molecular formula is C13H17F2NO. The predicted molar refractivity (Wildman–Crippen MR) is 61.5 cm³/mol. The summed E-state index contributed by atoms with van der Waals surface area (Å²) in [5.41, 5.74) is -0.741. The molecule has 0 aromatic heterocycles. The van der Waals surface area contributed by atoms with Crippen molar-refractivity contribution in [2.75, 3.05) is 13.2 Å². The van der Waals surface area contributed by atoms with Crippen LogP contribution in [0.2, 0.25) is 0 Å². The molecule has 0 bridgehead atoms. The van der Waals surface area contributed by atoms with Crippen LogP contribution in [0, 0.1) is 17.6 Å². The minimum atomic E-state index is -0.922. The van der Waals surface area contributed by atoms with Gasteiger partial charge in [-0.15, -0.1) is 0 Å². The van der Waals surface area contributed by atoms with Gasteiger partial charge in [0.15, 0.2) is 11.6 Å². The van der Waals surface area contributed by atoms with Crippen molar-refractivity contribution < 1.29 is 13.9 Å². The first-order valence-electron chi connectivity index (χ1n) is 5.87. The van der Waals surface area contributed by atoms with Crippen molar-refractivity contribution in [3.05, 3.63) is 35.4 Å². The third-order valence-corrected chi connectivity index (χ3v) is 3.34. The number of aliphatic hydroxyl groups excluding tert-OH is 1. The van der Waals surface area contributed by atoms with Gasteiger partial charge in [0.25, 0.3) is 0 Å². The van der Waals surface area contributed by atoms with Crippen LogP contribution in [0.3, 0.4) is 0 Å². The Morgan fingerprint density at radius 1 is 1.41 bits per heavy atom. The van der Waals surface area contributed by atoms with E-state index in [0.717, 1.165) is 12.6 Å². The molecule has 0 heterocycles. The van der Waals surface area contributed by atoms with Gasteiger partial charge < -0.3 is 10.4 Å². The third kappa shape index (κ3) is 2.64. The van der Waals surface area contributed by atoms with Crippen LogP contribution in [0.1, 0.15) is 25.3 Å². The van der Waals surface area contributed by atoms with Crippen LogP contribution in [0.25, 0.3) is 0 Å². The minimum absolute atomic E-state index is 0.181. The molecule has 0 radical (unpaired) electrons. The molecule has 1 aliphatic carbocycles. The maximum Gasteiger partial charge on any atom is 0.163 e. The van der Waals surface area contributed by atoms with E-state index in [2.05, 4.69) is 5.32 Å². The average Bonchev–Trinajstić information content (AvgIpc) is 3.13. The van der Waals surface area contributed by atoms with Gasteiger partial charge in [-0.2, -0.15) is 0 Å². The van der Waals surface area contributed by atoms with Crippen LogP contribution in [0.15, 0.2) is 18.2 Å². The van der Waals surface area contributed by atoms with Crippen molar-refractivity contribution >= 4 is 0 Å². The van der Waals surface area contributed by atoms with E-state index in [1.807, 2.05) is 0 Å². The second-order valence-corrected chi connectivity index (χ2v) is 4.92. The van der Waals surface area contributed by atoms with E-state index in [1.54, 1.807) is 6.92 Å². The van der Waals surface area contributed by atoms with Gasteiger partial charge in [-0.3, -0.25) is 0 Å². The molecule has 0 amide bonds. The lowest BCUT2D eigenvalue weighted by molar-refractivity contribution is 0.169. The van der Waals surface area contributed by atoms with Crippen LogP contribution in [-0.4, -0.2) is 18.3 Å². The highest BCUT2D eigenvalue weighted by Gasteiger charge is 2.32. The SMILES string of the molecule is CC(CO)(NCC1CC1)c1cccc(F)c1F. The Morgan fingerprint density at radius 2 is 2.12 bits per heavy atom. The summed E-state index contributed by atoms with van der Waals surface area (Å²) < 4.78 is 26.9. The fourth-order valence-electron chi connectivity index (χ4n) is 1.86. The fraction of sp³-hybridized carbons (Fsp3) is 0.538. The zero-order valence-corrected chi connectivity index (χ0v) is 9.84. The van der Waals surface area contributed by atoms with E-state index in [1.165, 1.54) is 25.0 Å². The number of hydrogen-bond acceptors (Lipinski definition) is 2. The maximum absolute atomic E-state index is 13.7. The zero-order chi connectivity index (χ0) is 12.5. The van der Waals surface area contributed by atoms with E-state index in [9.17, 15) is 13.9 Å². The summed E-state index contributed by atoms with van der Waals surface area (Å²) in [4.78, 5) is 0. The summed E-state index contributed by atoms with van der Waals surface area (Å²) in [5.74, 6) is -1.15. The van der Waals surface area contributed by atoms with Crippen LogP contribution in [-0.2, 0) is 5.54 Å². The van der Waals surface area contributed by atoms with Crippen molar-refractivity contribution in [2.45, 2.75) is 25.3 Å². The summed E-state index contributed by atoms with van der Waals surface area (Å²) in [6.07, 6.45) is 2.33. The molecule has 1 aliphatic rings. The van der Waals surface area contributed by atoms with Crippen molar-refractivity contribution in [2.24, 2.45) is 5.92 Å². The molecule has 1 atom stereocenters. The zero-order valence-electron chi connectivity index (χ0n) is 9.84. The Balaban J connectivity index is 2.22. The van der Waals surface area contributed by atoms with E-state index < -0.39 is 17.2 Å². The standard InChI is InChI=1S/C13H17F2NO/c1-13(8-17,16-7-9-5-6-9)10-3-2-4-11(14)12(10)15/h2-4,9,16-17H,5-8H2,1H3. The number of nitrogens with one attached hydrogen (secondary N) is 1. The first kappa shape index (κ1) is 12.5. The normalized spacial score (nSPS) is 19.1. The summed E-state index contributed by atoms with van der Waals surface area (Å²) in [5, 5.41) is 12.6. The average molecular weight is 241 g/mol. The highest BCUT2D eigenvalue weighted by Crippen LogP contribution is 2.30. The summed E-state index contributed by atoms with van der Waals surface area (Å²) in [6.45, 7) is 2.15. The molecule has 2 N–H and O–H groups in total. The van der Waals surface area contributed by atoms with E-state index in [-0.39, 0.29) is 12.2 Å². The minimum Gasteiger partial charge on any atom is -0.394 e. The fourth-order valence-corrected chi connectivity index (χ4v) is 1.86. The van der Waals surface area contributed by atoms with Crippen molar-refractivity contribution in [3.8, 4) is 0 Å². The predicted octanol–water partition coefficient (Wildman–Crippen LogP) is 2.17. The van der Waals surface area contributed by atoms with Gasteiger partial charge in [-0.25, -0.2) is 8.78 Å². The lowest BCUT2D eigenvalue weighted by Gasteiger charge is -2.30. The Bertz CT molecular complexity index is 406. The van der Waals surface area contributed by atoms with E-state index >= 15 is 0 Å². The van der Waals surface area contributed by atoms with Gasteiger partial charge in [0.2, 0.25) is 0 Å². The molecule has 2 nitrogen and oxygen atoms in total. The quantitative estimate of drug-likeness (QED) is 0.828. The van der Waals surface area contributed by atoms with Crippen LogP contribution < -0.4 is 5.32 Å². The van der Waals surface area contributed by atoms with Crippen molar-refractivity contribution in [1.82, 2.24) is 5.32 Å². The van der Waals surface area contributed by atoms with Crippen LogP contribution in [0.5, 0.6) is 0 Å². The first-order chi connectivity index (χ1) is 8.07. The highest BCUT2D eigenvalue weighted by atomic mass is 19.2. The molecule has 0 aliphatic heterocycles. The van der Waals surface area contributed by atoms with Crippen molar-refractivity contribution in [1.29, 1.82) is 0 Å². The van der Waals surface area contributed by atoms with Gasteiger partial charge in [0, 0.05) is 5.56 Å². The summed E-state index contributed by atoms with van der Waals surface area (Å²) >= 11 is 0. The van der Waals surface area contributed by atoms with Gasteiger partial charge in [-0.1, -0.05) is 12.1 Å². The second-order valence-electron chi connectivity index (χ2n) is 4.92. The Morgan fingerprint density at radius 3 is 2.71 bits per heavy atom. The topological polar surface area (TPSA) is 32.3 Å². The molecule has 2 rings (SSSR count). The molecule has 1 unspecified atom stereocenters. The molecule has 1 saturated carbocycles. The maximum atomic E-state index is 13.7. The van der Waals surface area contributed by atoms with Gasteiger partial charge in [0.05, 0.1) is 12.1 Å². The van der Waals surface area contributed by atoms with Gasteiger partial charge >= 0.3 is 0 Å². The monoisotopic (exact) mass is 241 g/mol. The molecule has 4 heteroatoms. The molecule has 94 valence electrons. The number of aliphatic hydroxyl groups is 1. The number of halogens is 2. The Hall–Kier alpha value is -1.00. The van der Waals surface area contributed by atoms with Crippen molar-refractivity contribution in [3.63, 3.8) is 0 Å². The van der Waals surface area contributed by atoms with Gasteiger partial charge in [-0.05, 0) is 38.3 Å². The lowest BCUT2D eigenvalue weighted by atomic mass is 9.92. The number of rotatable bonds is 5. The smallest absolute Gasteiger partial charge is 0.163 e. The summed E-state index contributed by atoms with van der Waals surface area (Å²) in [7, 11) is 0. The van der Waals surface area contributed by atoms with E-state index in [4.69, 9.17) is 0 Å². The summed E-state index contributed by atoms with van der Waals surface area (Å²) in [6, 6.07) is 4.05. The largest absolute Gasteiger partial charge is 0.394 e. The highest BCUT2D eigenvalue weighted by molar-refractivity contribution is 5.26. The molecule has 0 spiro atoms. The van der Waals surface area contributed by atoms with E-state index in [0.29, 0.717) is 5.92 Å². The number of benzene rings is 1. The molecule has 1 fully saturated rings. The Labute approximate surface area is 99.7 Å². The van der Waals surface area contributed by atoms with Crippen LogP contribution >= 0.6 is 0 Å². The third-order valence-electron chi connectivity index (χ3n) is 3.34. The Kier molecular flexibility index (Phi) is 3.45. The second kappa shape index (κ2) is 4.70. The van der Waals surface area contributed by atoms with Crippen LogP contribution in [0.4, 0.5) is 8.78 Å². The first-order valence-corrected chi connectivity index (χ1v) is 5.87. The molecule has 1 aromatic carbocycles. The molecule has 0 saturated heterocycles. The van der Waals surface area contributed by atoms with Gasteiger partial charge in [0.1, 0.15) is 0 Å².